The van der Waals surface area contributed by atoms with Crippen LogP contribution in [0, 0.1) is 6.92 Å². The fraction of sp³-hybridized carbons (Fsp3) is 0.269. The smallest absolute Gasteiger partial charge is 0.154 e. The lowest BCUT2D eigenvalue weighted by Crippen LogP contribution is -2.22. The molecule has 0 radical (unpaired) electrons. The van der Waals surface area contributed by atoms with Crippen molar-refractivity contribution in [3.05, 3.63) is 88.0 Å². The number of hydrogen-bond donors (Lipinski definition) is 1. The van der Waals surface area contributed by atoms with Gasteiger partial charge in [-0.05, 0) is 43.5 Å². The van der Waals surface area contributed by atoms with Crippen molar-refractivity contribution in [2.45, 2.75) is 33.3 Å². The topological polar surface area (TPSA) is 49.8 Å². The lowest BCUT2D eigenvalue weighted by Gasteiger charge is -2.32. The third kappa shape index (κ3) is 3.27. The van der Waals surface area contributed by atoms with Gasteiger partial charge < -0.3 is 14.7 Å². The molecule has 0 amide bonds. The molecule has 0 aliphatic carbocycles. The highest BCUT2D eigenvalue weighted by molar-refractivity contribution is 5.84. The molecule has 1 aliphatic rings. The molecular weight excluding hydrogens is 374 g/mol. The van der Waals surface area contributed by atoms with Crippen molar-refractivity contribution in [2.24, 2.45) is 0 Å². The summed E-state index contributed by atoms with van der Waals surface area (Å²) < 4.78 is 6.36. The predicted octanol–water partition coefficient (Wildman–Crippen LogP) is 5.43. The average molecular weight is 402 g/mol. The van der Waals surface area contributed by atoms with Gasteiger partial charge in [-0.1, -0.05) is 42.5 Å². The van der Waals surface area contributed by atoms with E-state index in [1.165, 1.54) is 0 Å². The van der Waals surface area contributed by atoms with Crippen LogP contribution in [0.4, 0.5) is 5.69 Å². The van der Waals surface area contributed by atoms with Crippen LogP contribution in [0.2, 0.25) is 0 Å². The molecule has 0 fully saturated rings. The van der Waals surface area contributed by atoms with E-state index in [9.17, 15) is 9.90 Å². The number of ether oxygens (including phenoxy) is 1. The van der Waals surface area contributed by atoms with Crippen molar-refractivity contribution in [3.63, 3.8) is 0 Å². The number of aldehydes is 1. The van der Waals surface area contributed by atoms with E-state index in [2.05, 4.69) is 36.9 Å². The number of aliphatic hydroxyl groups excluding tert-OH is 1. The fourth-order valence-corrected chi connectivity index (χ4v) is 4.41. The van der Waals surface area contributed by atoms with Gasteiger partial charge in [0.2, 0.25) is 0 Å². The summed E-state index contributed by atoms with van der Waals surface area (Å²) in [5, 5.41) is 9.98. The van der Waals surface area contributed by atoms with Crippen LogP contribution in [-0.2, 0) is 6.61 Å². The Morgan fingerprint density at radius 2 is 1.73 bits per heavy atom. The number of fused-ring (bicyclic) bond motifs is 2. The van der Waals surface area contributed by atoms with Gasteiger partial charge in [-0.15, -0.1) is 0 Å². The highest BCUT2D eigenvalue weighted by atomic mass is 16.5. The van der Waals surface area contributed by atoms with E-state index in [4.69, 9.17) is 4.74 Å². The number of carbonyl (C=O) groups is 1. The van der Waals surface area contributed by atoms with Gasteiger partial charge in [0, 0.05) is 41.9 Å². The third-order valence-electron chi connectivity index (χ3n) is 6.06. The summed E-state index contributed by atoms with van der Waals surface area (Å²) in [7, 11) is 0. The molecule has 0 saturated heterocycles. The van der Waals surface area contributed by atoms with E-state index in [0.29, 0.717) is 11.3 Å². The minimum Gasteiger partial charge on any atom is -0.456 e. The first-order chi connectivity index (χ1) is 14.6. The first kappa shape index (κ1) is 20.2. The first-order valence-electron chi connectivity index (χ1n) is 10.5. The van der Waals surface area contributed by atoms with E-state index in [-0.39, 0.29) is 12.5 Å². The number of hydrogen-bond acceptors (Lipinski definition) is 4. The summed E-state index contributed by atoms with van der Waals surface area (Å²) in [5.74, 6) is 1.27. The normalized spacial score (nSPS) is 14.5. The third-order valence-corrected chi connectivity index (χ3v) is 6.06. The number of aryl methyl sites for hydroxylation is 1. The van der Waals surface area contributed by atoms with Gasteiger partial charge in [-0.3, -0.25) is 4.79 Å². The van der Waals surface area contributed by atoms with Crippen molar-refractivity contribution in [2.75, 3.05) is 18.0 Å². The summed E-state index contributed by atoms with van der Waals surface area (Å²) in [6.07, 6.45) is 0.877. The Hall–Kier alpha value is -3.11. The standard InChI is InChI=1S/C26H27NO3/c1-4-27(5-2)19-11-13-21-24(14-19)30-26-22(12-10-17(3)23(26)16-29)25(21)20-9-7-6-8-18(20)15-28/h6-14,16,25,28H,4-5,15H2,1-3H3. The molecule has 0 saturated carbocycles. The number of rotatable bonds is 6. The lowest BCUT2D eigenvalue weighted by molar-refractivity contribution is 0.112. The molecule has 4 heteroatoms. The molecule has 1 atom stereocenters. The summed E-state index contributed by atoms with van der Waals surface area (Å²) in [6.45, 7) is 7.96. The van der Waals surface area contributed by atoms with Crippen molar-refractivity contribution in [3.8, 4) is 11.5 Å². The van der Waals surface area contributed by atoms with Crippen molar-refractivity contribution >= 4 is 12.0 Å². The number of nitrogens with zero attached hydrogens (tertiary/aromatic N) is 1. The molecule has 154 valence electrons. The molecule has 4 nitrogen and oxygen atoms in total. The minimum atomic E-state index is -0.114. The Balaban J connectivity index is 1.98. The van der Waals surface area contributed by atoms with Crippen molar-refractivity contribution in [1.29, 1.82) is 0 Å². The second kappa shape index (κ2) is 8.33. The molecule has 4 rings (SSSR count). The van der Waals surface area contributed by atoms with E-state index in [0.717, 1.165) is 58.6 Å². The van der Waals surface area contributed by atoms with Crippen LogP contribution in [-0.4, -0.2) is 24.5 Å². The zero-order chi connectivity index (χ0) is 21.3. The number of benzene rings is 3. The Morgan fingerprint density at radius 3 is 2.43 bits per heavy atom. The lowest BCUT2D eigenvalue weighted by atomic mass is 9.79. The predicted molar refractivity (Wildman–Crippen MR) is 120 cm³/mol. The summed E-state index contributed by atoms with van der Waals surface area (Å²) in [6, 6.07) is 18.2. The van der Waals surface area contributed by atoms with Gasteiger partial charge in [0.05, 0.1) is 12.2 Å². The summed E-state index contributed by atoms with van der Waals surface area (Å²) in [4.78, 5) is 14.2. The van der Waals surface area contributed by atoms with Crippen molar-refractivity contribution in [1.82, 2.24) is 0 Å². The van der Waals surface area contributed by atoms with E-state index in [1.54, 1.807) is 0 Å². The van der Waals surface area contributed by atoms with Crippen LogP contribution < -0.4 is 9.64 Å². The highest BCUT2D eigenvalue weighted by Gasteiger charge is 2.32. The fourth-order valence-electron chi connectivity index (χ4n) is 4.41. The maximum Gasteiger partial charge on any atom is 0.154 e. The molecule has 1 N–H and O–H groups in total. The monoisotopic (exact) mass is 401 g/mol. The molecule has 0 bridgehead atoms. The number of carbonyl (C=O) groups excluding carboxylic acids is 1. The van der Waals surface area contributed by atoms with Crippen LogP contribution in [0.25, 0.3) is 0 Å². The average Bonchev–Trinajstić information content (AvgIpc) is 2.78. The van der Waals surface area contributed by atoms with Gasteiger partial charge in [0.1, 0.15) is 11.5 Å². The maximum atomic E-state index is 11.9. The van der Waals surface area contributed by atoms with Gasteiger partial charge in [-0.25, -0.2) is 0 Å². The Bertz CT molecular complexity index is 1090. The largest absolute Gasteiger partial charge is 0.456 e. The van der Waals surface area contributed by atoms with Gasteiger partial charge in [-0.2, -0.15) is 0 Å². The Labute approximate surface area is 177 Å². The van der Waals surface area contributed by atoms with Crippen LogP contribution in [0.1, 0.15) is 57.9 Å². The summed E-state index contributed by atoms with van der Waals surface area (Å²) >= 11 is 0. The van der Waals surface area contributed by atoms with Crippen molar-refractivity contribution < 1.29 is 14.6 Å². The molecule has 3 aromatic rings. The second-order valence-corrected chi connectivity index (χ2v) is 7.62. The Kier molecular flexibility index (Phi) is 5.60. The van der Waals surface area contributed by atoms with Gasteiger partial charge >= 0.3 is 0 Å². The first-order valence-corrected chi connectivity index (χ1v) is 10.5. The molecule has 1 aliphatic heterocycles. The SMILES string of the molecule is CCN(CC)c1ccc2c(c1)Oc1c(ccc(C)c1C=O)C2c1ccccc1CO. The zero-order valence-electron chi connectivity index (χ0n) is 17.7. The van der Waals surface area contributed by atoms with Gasteiger partial charge in [0.15, 0.2) is 6.29 Å². The number of aliphatic hydroxyl groups is 1. The minimum absolute atomic E-state index is 0.0396. The van der Waals surface area contributed by atoms with Crippen LogP contribution in [0.5, 0.6) is 11.5 Å². The molecule has 1 heterocycles. The molecule has 3 aromatic carbocycles. The van der Waals surface area contributed by atoms with Crippen LogP contribution in [0.15, 0.2) is 54.6 Å². The maximum absolute atomic E-state index is 11.9. The second-order valence-electron chi connectivity index (χ2n) is 7.62. The number of anilines is 1. The van der Waals surface area contributed by atoms with E-state index >= 15 is 0 Å². The summed E-state index contributed by atoms with van der Waals surface area (Å²) in [5.41, 5.74) is 6.46. The van der Waals surface area contributed by atoms with Crippen LogP contribution >= 0.6 is 0 Å². The molecule has 0 spiro atoms. The molecular formula is C26H27NO3. The van der Waals surface area contributed by atoms with Gasteiger partial charge in [0.25, 0.3) is 0 Å². The van der Waals surface area contributed by atoms with E-state index < -0.39 is 0 Å². The quantitative estimate of drug-likeness (QED) is 0.438. The molecule has 30 heavy (non-hydrogen) atoms. The highest BCUT2D eigenvalue weighted by Crippen LogP contribution is 2.50. The zero-order valence-corrected chi connectivity index (χ0v) is 17.7. The molecule has 0 aromatic heterocycles. The van der Waals surface area contributed by atoms with Crippen LogP contribution in [0.3, 0.4) is 0 Å². The molecule has 1 unspecified atom stereocenters. The Morgan fingerprint density at radius 1 is 1.00 bits per heavy atom. The van der Waals surface area contributed by atoms with E-state index in [1.807, 2.05) is 43.3 Å².